The van der Waals surface area contributed by atoms with Crippen molar-refractivity contribution in [2.45, 2.75) is 33.1 Å². The molecule has 0 fully saturated rings. The van der Waals surface area contributed by atoms with E-state index in [1.165, 1.54) is 27.6 Å². The van der Waals surface area contributed by atoms with Crippen molar-refractivity contribution in [3.05, 3.63) is 59.2 Å². The maximum Gasteiger partial charge on any atom is 0.130 e. The number of nitrogens with one attached hydrogen (secondary N) is 1. The Balaban J connectivity index is 1.97. The van der Waals surface area contributed by atoms with Crippen molar-refractivity contribution in [3.63, 3.8) is 0 Å². The Bertz CT molecular complexity index is 1140. The summed E-state index contributed by atoms with van der Waals surface area (Å²) >= 11 is 0. The lowest BCUT2D eigenvalue weighted by Crippen LogP contribution is -2.00. The molecule has 0 unspecified atom stereocenters. The van der Waals surface area contributed by atoms with Crippen molar-refractivity contribution in [2.75, 3.05) is 13.7 Å². The maximum atomic E-state index is 5.75. The molecule has 4 heteroatoms. The largest absolute Gasteiger partial charge is 0.496 e. The molecule has 0 saturated heterocycles. The van der Waals surface area contributed by atoms with Gasteiger partial charge >= 0.3 is 0 Å². The zero-order chi connectivity index (χ0) is 19.7. The second kappa shape index (κ2) is 7.64. The maximum absolute atomic E-state index is 5.75. The second-order valence-electron chi connectivity index (χ2n) is 7.40. The molecule has 0 aliphatic carbocycles. The first-order valence-corrected chi connectivity index (χ1v) is 9.89. The number of hydrogen-bond acceptors (Lipinski definition) is 3. The predicted molar refractivity (Wildman–Crippen MR) is 117 cm³/mol. The molecule has 0 aliphatic rings. The zero-order valence-corrected chi connectivity index (χ0v) is 16.8. The number of rotatable bonds is 6. The second-order valence-corrected chi connectivity index (χ2v) is 7.40. The Morgan fingerprint density at radius 3 is 2.61 bits per heavy atom. The number of nitrogens with two attached hydrogens (primary N) is 1. The Morgan fingerprint density at radius 1 is 1.04 bits per heavy atom. The molecule has 0 saturated carbocycles. The molecule has 4 nitrogen and oxygen atoms in total. The quantitative estimate of drug-likeness (QED) is 0.451. The summed E-state index contributed by atoms with van der Waals surface area (Å²) < 4.78 is 5.68. The third-order valence-corrected chi connectivity index (χ3v) is 5.51. The molecule has 0 aliphatic heterocycles. The Kier molecular flexibility index (Phi) is 5.05. The molecule has 0 spiro atoms. The fourth-order valence-corrected chi connectivity index (χ4v) is 4.04. The number of ether oxygens (including phenoxy) is 1. The van der Waals surface area contributed by atoms with Gasteiger partial charge in [0.2, 0.25) is 0 Å². The molecule has 144 valence electrons. The highest BCUT2D eigenvalue weighted by molar-refractivity contribution is 5.96. The van der Waals surface area contributed by atoms with Crippen LogP contribution in [-0.2, 0) is 6.42 Å². The third-order valence-electron chi connectivity index (χ3n) is 5.51. The Hall–Kier alpha value is -2.85. The van der Waals surface area contributed by atoms with E-state index >= 15 is 0 Å². The monoisotopic (exact) mass is 373 g/mol. The van der Waals surface area contributed by atoms with Crippen LogP contribution in [0, 0.1) is 13.8 Å². The predicted octanol–water partition coefficient (Wildman–Crippen LogP) is 5.29. The summed E-state index contributed by atoms with van der Waals surface area (Å²) in [5.41, 5.74) is 13.8. The molecule has 4 rings (SSSR count). The number of hydrogen-bond donors (Lipinski definition) is 2. The average molecular weight is 374 g/mol. The number of fused-ring (bicyclic) bond motifs is 2. The van der Waals surface area contributed by atoms with E-state index in [1.807, 2.05) is 30.3 Å². The number of aryl methyl sites for hydroxylation is 3. The fourth-order valence-electron chi connectivity index (χ4n) is 4.04. The lowest BCUT2D eigenvalue weighted by atomic mass is 9.98. The van der Waals surface area contributed by atoms with Gasteiger partial charge in [0.25, 0.3) is 0 Å². The SMILES string of the molecule is COc1cc(-c2[nH]c3c(C)ccc(C)c3c2CCCCN)nc2ccccc12. The summed E-state index contributed by atoms with van der Waals surface area (Å²) in [5, 5.41) is 2.35. The lowest BCUT2D eigenvalue weighted by molar-refractivity contribution is 0.419. The third kappa shape index (κ3) is 3.14. The van der Waals surface area contributed by atoms with Crippen LogP contribution < -0.4 is 10.5 Å². The van der Waals surface area contributed by atoms with Crippen LogP contribution in [0.25, 0.3) is 33.2 Å². The van der Waals surface area contributed by atoms with Crippen molar-refractivity contribution in [3.8, 4) is 17.1 Å². The lowest BCUT2D eigenvalue weighted by Gasteiger charge is -2.10. The van der Waals surface area contributed by atoms with Gasteiger partial charge < -0.3 is 15.5 Å². The molecule has 0 bridgehead atoms. The van der Waals surface area contributed by atoms with E-state index in [0.29, 0.717) is 0 Å². The van der Waals surface area contributed by atoms with Crippen molar-refractivity contribution in [1.29, 1.82) is 0 Å². The summed E-state index contributed by atoms with van der Waals surface area (Å²) in [5.74, 6) is 0.848. The van der Waals surface area contributed by atoms with E-state index < -0.39 is 0 Å². The van der Waals surface area contributed by atoms with Crippen LogP contribution in [-0.4, -0.2) is 23.6 Å². The van der Waals surface area contributed by atoms with Crippen LogP contribution in [0.5, 0.6) is 5.75 Å². The minimum Gasteiger partial charge on any atom is -0.496 e. The van der Waals surface area contributed by atoms with Crippen LogP contribution in [0.4, 0.5) is 0 Å². The Labute approximate surface area is 165 Å². The average Bonchev–Trinajstić information content (AvgIpc) is 3.11. The normalized spacial score (nSPS) is 11.4. The first-order valence-electron chi connectivity index (χ1n) is 9.89. The number of para-hydroxylation sites is 1. The first kappa shape index (κ1) is 18.5. The van der Waals surface area contributed by atoms with Crippen molar-refractivity contribution >= 4 is 21.8 Å². The number of H-pyrrole nitrogens is 1. The molecule has 2 aromatic heterocycles. The molecule has 2 heterocycles. The molecule has 0 amide bonds. The van der Waals surface area contributed by atoms with Gasteiger partial charge in [0, 0.05) is 22.4 Å². The van der Waals surface area contributed by atoms with E-state index in [1.54, 1.807) is 7.11 Å². The van der Waals surface area contributed by atoms with Gasteiger partial charge in [-0.3, -0.25) is 0 Å². The number of pyridine rings is 1. The molecule has 0 radical (unpaired) electrons. The zero-order valence-electron chi connectivity index (χ0n) is 16.8. The summed E-state index contributed by atoms with van der Waals surface area (Å²) in [7, 11) is 1.72. The number of unbranched alkanes of at least 4 members (excludes halogenated alkanes) is 1. The van der Waals surface area contributed by atoms with Gasteiger partial charge in [-0.15, -0.1) is 0 Å². The minimum absolute atomic E-state index is 0.720. The highest BCUT2D eigenvalue weighted by atomic mass is 16.5. The summed E-state index contributed by atoms with van der Waals surface area (Å²) in [6.45, 7) is 5.05. The van der Waals surface area contributed by atoms with Crippen molar-refractivity contribution < 1.29 is 4.74 Å². The fraction of sp³-hybridized carbons (Fsp3) is 0.292. The van der Waals surface area contributed by atoms with Gasteiger partial charge in [0.1, 0.15) is 5.75 Å². The van der Waals surface area contributed by atoms with E-state index in [9.17, 15) is 0 Å². The van der Waals surface area contributed by atoms with Crippen LogP contribution in [0.1, 0.15) is 29.5 Å². The number of aromatic amines is 1. The highest BCUT2D eigenvalue weighted by Crippen LogP contribution is 2.37. The number of methoxy groups -OCH3 is 1. The Morgan fingerprint density at radius 2 is 1.82 bits per heavy atom. The summed E-state index contributed by atoms with van der Waals surface area (Å²) in [6, 6.07) is 14.5. The van der Waals surface area contributed by atoms with Crippen LogP contribution in [0.2, 0.25) is 0 Å². The first-order chi connectivity index (χ1) is 13.6. The minimum atomic E-state index is 0.720. The number of benzene rings is 2. The summed E-state index contributed by atoms with van der Waals surface area (Å²) in [4.78, 5) is 8.64. The van der Waals surface area contributed by atoms with Gasteiger partial charge in [-0.1, -0.05) is 24.3 Å². The topological polar surface area (TPSA) is 63.9 Å². The van der Waals surface area contributed by atoms with Gasteiger partial charge in [0.15, 0.2) is 0 Å². The van der Waals surface area contributed by atoms with E-state index in [4.69, 9.17) is 15.5 Å². The summed E-state index contributed by atoms with van der Waals surface area (Å²) in [6.07, 6.45) is 3.06. The van der Waals surface area contributed by atoms with Gasteiger partial charge in [-0.25, -0.2) is 4.98 Å². The van der Waals surface area contributed by atoms with Gasteiger partial charge in [-0.05, 0) is 68.5 Å². The van der Waals surface area contributed by atoms with Crippen LogP contribution >= 0.6 is 0 Å². The van der Waals surface area contributed by atoms with Crippen molar-refractivity contribution in [2.24, 2.45) is 5.73 Å². The molecule has 4 aromatic rings. The number of aromatic nitrogens is 2. The molecule has 28 heavy (non-hydrogen) atoms. The highest BCUT2D eigenvalue weighted by Gasteiger charge is 2.18. The smallest absolute Gasteiger partial charge is 0.130 e. The van der Waals surface area contributed by atoms with Crippen LogP contribution in [0.3, 0.4) is 0 Å². The van der Waals surface area contributed by atoms with E-state index in [0.717, 1.165) is 53.8 Å². The molecule has 0 atom stereocenters. The van der Waals surface area contributed by atoms with Crippen molar-refractivity contribution in [1.82, 2.24) is 9.97 Å². The molecule has 3 N–H and O–H groups in total. The van der Waals surface area contributed by atoms with Gasteiger partial charge in [-0.2, -0.15) is 0 Å². The molecular weight excluding hydrogens is 346 g/mol. The van der Waals surface area contributed by atoms with E-state index in [2.05, 4.69) is 31.0 Å². The van der Waals surface area contributed by atoms with E-state index in [-0.39, 0.29) is 0 Å². The standard InChI is InChI=1S/C24H27N3O/c1-15-11-12-16(2)23-22(15)18(9-6-7-13-25)24(27-23)20-14-21(28-3)17-8-4-5-10-19(17)26-20/h4-5,8,10-12,14,27H,6-7,9,13,25H2,1-3H3. The molecule has 2 aromatic carbocycles. The molecular formula is C24H27N3O. The number of nitrogens with zero attached hydrogens (tertiary/aromatic N) is 1. The van der Waals surface area contributed by atoms with Crippen LogP contribution in [0.15, 0.2) is 42.5 Å². The van der Waals surface area contributed by atoms with Gasteiger partial charge in [0.05, 0.1) is 24.0 Å².